The Morgan fingerprint density at radius 1 is 1.41 bits per heavy atom. The predicted molar refractivity (Wildman–Crippen MR) is 67.0 cm³/mol. The van der Waals surface area contributed by atoms with Crippen molar-refractivity contribution in [3.05, 3.63) is 29.7 Å². The van der Waals surface area contributed by atoms with Crippen molar-refractivity contribution in [2.45, 2.75) is 19.9 Å². The lowest BCUT2D eigenvalue weighted by molar-refractivity contribution is 0.198. The summed E-state index contributed by atoms with van der Waals surface area (Å²) in [6, 6.07) is 6.15. The van der Waals surface area contributed by atoms with E-state index in [2.05, 4.69) is 29.4 Å². The maximum absolute atomic E-state index is 5.63. The minimum atomic E-state index is 0.638. The van der Waals surface area contributed by atoms with Crippen LogP contribution in [0.3, 0.4) is 0 Å². The molecule has 1 aromatic carbocycles. The van der Waals surface area contributed by atoms with Crippen molar-refractivity contribution in [3.63, 3.8) is 0 Å². The van der Waals surface area contributed by atoms with E-state index in [4.69, 9.17) is 9.15 Å². The fraction of sp³-hybridized carbons (Fsp3) is 0.462. The number of benzene rings is 1. The van der Waals surface area contributed by atoms with Gasteiger partial charge in [0.15, 0.2) is 5.58 Å². The zero-order valence-electron chi connectivity index (χ0n) is 10.3. The number of rotatable bonds is 6. The lowest BCUT2D eigenvalue weighted by Crippen LogP contribution is -2.18. The second kappa shape index (κ2) is 5.80. The Morgan fingerprint density at radius 3 is 3.06 bits per heavy atom. The van der Waals surface area contributed by atoms with Crippen LogP contribution in [0.25, 0.3) is 11.1 Å². The van der Waals surface area contributed by atoms with Crippen molar-refractivity contribution >= 4 is 11.1 Å². The molecular weight excluding hydrogens is 216 g/mol. The Kier molecular flexibility index (Phi) is 4.12. The summed E-state index contributed by atoms with van der Waals surface area (Å²) in [6.45, 7) is 4.27. The standard InChI is InChI=1S/C13H18N2O2/c1-3-10-4-5-12-11(8-10)15-13(17-12)9-14-6-7-16-2/h4-5,8,14H,3,6-7,9H2,1-2H3. The van der Waals surface area contributed by atoms with Gasteiger partial charge in [0, 0.05) is 13.7 Å². The molecule has 0 aliphatic carbocycles. The van der Waals surface area contributed by atoms with Crippen LogP contribution in [0.5, 0.6) is 0 Å². The first kappa shape index (κ1) is 12.1. The molecule has 1 aromatic heterocycles. The van der Waals surface area contributed by atoms with Crippen LogP contribution in [0.2, 0.25) is 0 Å². The third kappa shape index (κ3) is 3.05. The Bertz CT molecular complexity index is 479. The topological polar surface area (TPSA) is 47.3 Å². The summed E-state index contributed by atoms with van der Waals surface area (Å²) >= 11 is 0. The monoisotopic (exact) mass is 234 g/mol. The molecule has 1 heterocycles. The molecule has 0 fully saturated rings. The van der Waals surface area contributed by atoms with Crippen LogP contribution in [-0.2, 0) is 17.7 Å². The minimum Gasteiger partial charge on any atom is -0.439 e. The summed E-state index contributed by atoms with van der Waals surface area (Å²) in [4.78, 5) is 4.45. The predicted octanol–water partition coefficient (Wildman–Crippen LogP) is 2.13. The third-order valence-electron chi connectivity index (χ3n) is 2.66. The normalized spacial score (nSPS) is 11.2. The molecule has 4 nitrogen and oxygen atoms in total. The number of ether oxygens (including phenoxy) is 1. The lowest BCUT2D eigenvalue weighted by Gasteiger charge is -1.99. The Labute approximate surface area is 101 Å². The fourth-order valence-electron chi connectivity index (χ4n) is 1.69. The molecule has 2 rings (SSSR count). The molecule has 0 radical (unpaired) electrons. The number of nitrogens with one attached hydrogen (secondary N) is 1. The lowest BCUT2D eigenvalue weighted by atomic mass is 10.1. The van der Waals surface area contributed by atoms with Gasteiger partial charge in [-0.25, -0.2) is 4.98 Å². The molecule has 0 bridgehead atoms. The summed E-state index contributed by atoms with van der Waals surface area (Å²) < 4.78 is 10.6. The number of aromatic nitrogens is 1. The molecule has 92 valence electrons. The largest absolute Gasteiger partial charge is 0.439 e. The van der Waals surface area contributed by atoms with Crippen molar-refractivity contribution in [2.24, 2.45) is 0 Å². The number of oxazole rings is 1. The highest BCUT2D eigenvalue weighted by atomic mass is 16.5. The van der Waals surface area contributed by atoms with Gasteiger partial charge in [-0.2, -0.15) is 0 Å². The molecule has 0 saturated carbocycles. The van der Waals surface area contributed by atoms with Gasteiger partial charge in [0.25, 0.3) is 0 Å². The second-order valence-corrected chi connectivity index (χ2v) is 3.93. The van der Waals surface area contributed by atoms with Crippen LogP contribution in [-0.4, -0.2) is 25.2 Å². The SMILES string of the molecule is CCc1ccc2oc(CNCCOC)nc2c1. The maximum atomic E-state index is 5.63. The molecule has 4 heteroatoms. The highest BCUT2D eigenvalue weighted by Crippen LogP contribution is 2.17. The second-order valence-electron chi connectivity index (χ2n) is 3.93. The van der Waals surface area contributed by atoms with Crippen molar-refractivity contribution in [2.75, 3.05) is 20.3 Å². The molecule has 0 aliphatic rings. The molecule has 17 heavy (non-hydrogen) atoms. The Balaban J connectivity index is 2.04. The number of methoxy groups -OCH3 is 1. The van der Waals surface area contributed by atoms with Crippen LogP contribution >= 0.6 is 0 Å². The van der Waals surface area contributed by atoms with E-state index < -0.39 is 0 Å². The van der Waals surface area contributed by atoms with Crippen LogP contribution in [0.1, 0.15) is 18.4 Å². The summed E-state index contributed by atoms with van der Waals surface area (Å²) in [6.07, 6.45) is 1.02. The van der Waals surface area contributed by atoms with Crippen molar-refractivity contribution in [1.82, 2.24) is 10.3 Å². The highest BCUT2D eigenvalue weighted by molar-refractivity contribution is 5.73. The van der Waals surface area contributed by atoms with Crippen molar-refractivity contribution in [1.29, 1.82) is 0 Å². The number of fused-ring (bicyclic) bond motifs is 1. The van der Waals surface area contributed by atoms with Gasteiger partial charge in [-0.3, -0.25) is 0 Å². The van der Waals surface area contributed by atoms with E-state index in [1.165, 1.54) is 5.56 Å². The van der Waals surface area contributed by atoms with Gasteiger partial charge in [-0.1, -0.05) is 13.0 Å². The molecule has 0 unspecified atom stereocenters. The molecule has 0 spiro atoms. The smallest absolute Gasteiger partial charge is 0.209 e. The minimum absolute atomic E-state index is 0.638. The van der Waals surface area contributed by atoms with E-state index in [0.29, 0.717) is 13.2 Å². The van der Waals surface area contributed by atoms with E-state index in [1.54, 1.807) is 7.11 Å². The molecule has 0 amide bonds. The summed E-state index contributed by atoms with van der Waals surface area (Å²) in [7, 11) is 1.69. The van der Waals surface area contributed by atoms with Crippen LogP contribution in [0.4, 0.5) is 0 Å². The average molecular weight is 234 g/mol. The van der Waals surface area contributed by atoms with Crippen LogP contribution < -0.4 is 5.32 Å². The first-order valence-electron chi connectivity index (χ1n) is 5.91. The van der Waals surface area contributed by atoms with Gasteiger partial charge < -0.3 is 14.5 Å². The van der Waals surface area contributed by atoms with E-state index >= 15 is 0 Å². The fourth-order valence-corrected chi connectivity index (χ4v) is 1.69. The zero-order chi connectivity index (χ0) is 12.1. The summed E-state index contributed by atoms with van der Waals surface area (Å²) in [5.41, 5.74) is 3.07. The number of hydrogen-bond donors (Lipinski definition) is 1. The zero-order valence-corrected chi connectivity index (χ0v) is 10.3. The molecule has 0 aliphatic heterocycles. The number of nitrogens with zero attached hydrogens (tertiary/aromatic N) is 1. The van der Waals surface area contributed by atoms with E-state index in [0.717, 1.165) is 30.0 Å². The van der Waals surface area contributed by atoms with Gasteiger partial charge in [0.1, 0.15) is 5.52 Å². The Hall–Kier alpha value is -1.39. The van der Waals surface area contributed by atoms with Gasteiger partial charge in [-0.05, 0) is 24.1 Å². The molecule has 0 atom stereocenters. The van der Waals surface area contributed by atoms with Crippen LogP contribution in [0.15, 0.2) is 22.6 Å². The van der Waals surface area contributed by atoms with Gasteiger partial charge in [-0.15, -0.1) is 0 Å². The molecule has 0 saturated heterocycles. The highest BCUT2D eigenvalue weighted by Gasteiger charge is 2.05. The van der Waals surface area contributed by atoms with Gasteiger partial charge in [0.05, 0.1) is 13.2 Å². The molecule has 1 N–H and O–H groups in total. The average Bonchev–Trinajstić information content (AvgIpc) is 2.76. The van der Waals surface area contributed by atoms with Crippen molar-refractivity contribution in [3.8, 4) is 0 Å². The first-order chi connectivity index (χ1) is 8.33. The van der Waals surface area contributed by atoms with Gasteiger partial charge in [0.2, 0.25) is 5.89 Å². The summed E-state index contributed by atoms with van der Waals surface area (Å²) in [5, 5.41) is 3.21. The summed E-state index contributed by atoms with van der Waals surface area (Å²) in [5.74, 6) is 0.726. The molecular formula is C13H18N2O2. The third-order valence-corrected chi connectivity index (χ3v) is 2.66. The number of aryl methyl sites for hydroxylation is 1. The quantitative estimate of drug-likeness (QED) is 0.778. The van der Waals surface area contributed by atoms with Crippen LogP contribution in [0, 0.1) is 0 Å². The molecule has 2 aromatic rings. The Morgan fingerprint density at radius 2 is 2.29 bits per heavy atom. The van der Waals surface area contributed by atoms with E-state index in [-0.39, 0.29) is 0 Å². The van der Waals surface area contributed by atoms with Crippen molar-refractivity contribution < 1.29 is 9.15 Å². The van der Waals surface area contributed by atoms with Gasteiger partial charge >= 0.3 is 0 Å². The first-order valence-corrected chi connectivity index (χ1v) is 5.91. The number of hydrogen-bond acceptors (Lipinski definition) is 4. The van der Waals surface area contributed by atoms with E-state index in [9.17, 15) is 0 Å². The maximum Gasteiger partial charge on any atom is 0.209 e. The van der Waals surface area contributed by atoms with E-state index in [1.807, 2.05) is 6.07 Å².